The lowest BCUT2D eigenvalue weighted by Gasteiger charge is -2.12. The number of rotatable bonds is 6. The Kier molecular flexibility index (Phi) is 5.50. The molecule has 0 heterocycles. The van der Waals surface area contributed by atoms with Crippen LogP contribution in [0.4, 0.5) is 5.69 Å². The van der Waals surface area contributed by atoms with Crippen LogP contribution in [0.1, 0.15) is 33.6 Å². The quantitative estimate of drug-likeness (QED) is 0.840. The Hall–Kier alpha value is -1.40. The van der Waals surface area contributed by atoms with Gasteiger partial charge in [0.15, 0.2) is 0 Å². The third-order valence-electron chi connectivity index (χ3n) is 2.74. The van der Waals surface area contributed by atoms with Crippen LogP contribution >= 0.6 is 0 Å². The first-order valence-electron chi connectivity index (χ1n) is 6.31. The molecule has 0 radical (unpaired) electrons. The van der Waals surface area contributed by atoms with E-state index in [0.29, 0.717) is 12.1 Å². The fraction of sp³-hybridized carbons (Fsp3) is 0.462. The number of carbonyl (C=O) groups excluding carboxylic acids is 1. The monoisotopic (exact) mass is 284 g/mol. The lowest BCUT2D eigenvalue weighted by atomic mass is 10.3. The van der Waals surface area contributed by atoms with Gasteiger partial charge in [0.1, 0.15) is 0 Å². The van der Waals surface area contributed by atoms with Gasteiger partial charge in [0, 0.05) is 18.2 Å². The summed E-state index contributed by atoms with van der Waals surface area (Å²) in [5, 5.41) is 2.67. The third kappa shape index (κ3) is 4.65. The molecule has 0 spiro atoms. The molecule has 0 saturated carbocycles. The molecule has 0 aliphatic carbocycles. The van der Waals surface area contributed by atoms with Crippen LogP contribution in [0.2, 0.25) is 0 Å². The molecule has 2 N–H and O–H groups in total. The summed E-state index contributed by atoms with van der Waals surface area (Å²) in [5.41, 5.74) is 0.592. The molecule has 0 bridgehead atoms. The van der Waals surface area contributed by atoms with Crippen molar-refractivity contribution in [2.75, 3.05) is 5.32 Å². The maximum absolute atomic E-state index is 12.0. The number of amides is 1. The number of benzene rings is 1. The van der Waals surface area contributed by atoms with Crippen LogP contribution in [0.15, 0.2) is 29.2 Å². The van der Waals surface area contributed by atoms with Crippen molar-refractivity contribution in [1.82, 2.24) is 4.72 Å². The zero-order valence-corrected chi connectivity index (χ0v) is 12.3. The Balaban J connectivity index is 2.83. The van der Waals surface area contributed by atoms with E-state index in [-0.39, 0.29) is 16.8 Å². The number of nitrogens with one attached hydrogen (secondary N) is 2. The summed E-state index contributed by atoms with van der Waals surface area (Å²) in [6.07, 6.45) is 1.11. The number of hydrogen-bond donors (Lipinski definition) is 2. The van der Waals surface area contributed by atoms with E-state index in [1.807, 2.05) is 13.8 Å². The Morgan fingerprint density at radius 2 is 1.79 bits per heavy atom. The average Bonchev–Trinajstić information content (AvgIpc) is 2.38. The molecule has 1 amide bonds. The fourth-order valence-corrected chi connectivity index (χ4v) is 2.71. The zero-order valence-electron chi connectivity index (χ0n) is 11.4. The fourth-order valence-electron chi connectivity index (χ4n) is 1.38. The average molecular weight is 284 g/mol. The highest BCUT2D eigenvalue weighted by Gasteiger charge is 2.16. The van der Waals surface area contributed by atoms with Gasteiger partial charge in [0.2, 0.25) is 15.9 Å². The van der Waals surface area contributed by atoms with Crippen LogP contribution in [0, 0.1) is 0 Å². The maximum Gasteiger partial charge on any atom is 0.240 e. The van der Waals surface area contributed by atoms with Crippen LogP contribution < -0.4 is 10.0 Å². The minimum atomic E-state index is -3.49. The number of carbonyl (C=O) groups is 1. The van der Waals surface area contributed by atoms with E-state index in [1.54, 1.807) is 19.1 Å². The predicted molar refractivity (Wildman–Crippen MR) is 75.4 cm³/mol. The van der Waals surface area contributed by atoms with E-state index in [4.69, 9.17) is 0 Å². The molecule has 106 valence electrons. The van der Waals surface area contributed by atoms with Crippen molar-refractivity contribution < 1.29 is 13.2 Å². The van der Waals surface area contributed by atoms with Crippen molar-refractivity contribution in [1.29, 1.82) is 0 Å². The Morgan fingerprint density at radius 3 is 2.26 bits per heavy atom. The van der Waals surface area contributed by atoms with E-state index in [1.165, 1.54) is 12.1 Å². The van der Waals surface area contributed by atoms with E-state index in [9.17, 15) is 13.2 Å². The minimum Gasteiger partial charge on any atom is -0.326 e. The van der Waals surface area contributed by atoms with Crippen LogP contribution in [-0.2, 0) is 14.8 Å². The third-order valence-corrected chi connectivity index (χ3v) is 4.34. The van der Waals surface area contributed by atoms with Crippen molar-refractivity contribution >= 4 is 21.6 Å². The SMILES string of the molecule is CCC(=O)Nc1ccc(S(=O)(=O)NC(C)CC)cc1. The van der Waals surface area contributed by atoms with Crippen LogP contribution in [-0.4, -0.2) is 20.4 Å². The van der Waals surface area contributed by atoms with Crippen LogP contribution in [0.25, 0.3) is 0 Å². The Labute approximate surface area is 114 Å². The molecule has 0 fully saturated rings. The van der Waals surface area contributed by atoms with Gasteiger partial charge in [-0.05, 0) is 37.6 Å². The first kappa shape index (κ1) is 15.7. The summed E-state index contributed by atoms with van der Waals surface area (Å²) in [6, 6.07) is 6.02. The number of hydrogen-bond acceptors (Lipinski definition) is 3. The number of anilines is 1. The van der Waals surface area contributed by atoms with Gasteiger partial charge in [0.25, 0.3) is 0 Å². The van der Waals surface area contributed by atoms with Gasteiger partial charge in [-0.3, -0.25) is 4.79 Å². The largest absolute Gasteiger partial charge is 0.326 e. The van der Waals surface area contributed by atoms with Crippen LogP contribution in [0.5, 0.6) is 0 Å². The molecule has 1 atom stereocenters. The second-order valence-electron chi connectivity index (χ2n) is 4.36. The lowest BCUT2D eigenvalue weighted by molar-refractivity contribution is -0.115. The second kappa shape index (κ2) is 6.68. The summed E-state index contributed by atoms with van der Waals surface area (Å²) < 4.78 is 26.6. The molecule has 0 aliphatic rings. The zero-order chi connectivity index (χ0) is 14.5. The number of sulfonamides is 1. The molecular weight excluding hydrogens is 264 g/mol. The highest BCUT2D eigenvalue weighted by Crippen LogP contribution is 2.14. The van der Waals surface area contributed by atoms with Gasteiger partial charge in [-0.2, -0.15) is 0 Å². The van der Waals surface area contributed by atoms with E-state index >= 15 is 0 Å². The molecule has 0 aliphatic heterocycles. The normalized spacial score (nSPS) is 13.0. The smallest absolute Gasteiger partial charge is 0.240 e. The maximum atomic E-state index is 12.0. The molecular formula is C13H20N2O3S. The van der Waals surface area contributed by atoms with E-state index in [0.717, 1.165) is 6.42 Å². The van der Waals surface area contributed by atoms with E-state index < -0.39 is 10.0 Å². The minimum absolute atomic E-state index is 0.103. The molecule has 1 aromatic carbocycles. The first-order chi connectivity index (χ1) is 8.89. The molecule has 1 unspecified atom stereocenters. The van der Waals surface area contributed by atoms with Gasteiger partial charge in [-0.25, -0.2) is 13.1 Å². The summed E-state index contributed by atoms with van der Waals surface area (Å²) in [5.74, 6) is -0.103. The van der Waals surface area contributed by atoms with Crippen molar-refractivity contribution in [2.45, 2.75) is 44.6 Å². The predicted octanol–water partition coefficient (Wildman–Crippen LogP) is 2.11. The summed E-state index contributed by atoms with van der Waals surface area (Å²) in [7, 11) is -3.49. The molecule has 1 rings (SSSR count). The summed E-state index contributed by atoms with van der Waals surface area (Å²) in [6.45, 7) is 5.48. The van der Waals surface area contributed by atoms with Crippen molar-refractivity contribution in [3.05, 3.63) is 24.3 Å². The Morgan fingerprint density at radius 1 is 1.21 bits per heavy atom. The van der Waals surface area contributed by atoms with Crippen molar-refractivity contribution in [3.8, 4) is 0 Å². The summed E-state index contributed by atoms with van der Waals surface area (Å²) >= 11 is 0. The van der Waals surface area contributed by atoms with Crippen molar-refractivity contribution in [2.24, 2.45) is 0 Å². The molecule has 1 aromatic rings. The van der Waals surface area contributed by atoms with E-state index in [2.05, 4.69) is 10.0 Å². The standard InChI is InChI=1S/C13H20N2O3S/c1-4-10(3)15-19(17,18)12-8-6-11(7-9-12)14-13(16)5-2/h6-10,15H,4-5H2,1-3H3,(H,14,16). The molecule has 0 aromatic heterocycles. The van der Waals surface area contributed by atoms with Gasteiger partial charge in [-0.1, -0.05) is 13.8 Å². The van der Waals surface area contributed by atoms with Gasteiger partial charge in [-0.15, -0.1) is 0 Å². The lowest BCUT2D eigenvalue weighted by Crippen LogP contribution is -2.31. The van der Waals surface area contributed by atoms with Crippen LogP contribution in [0.3, 0.4) is 0 Å². The van der Waals surface area contributed by atoms with Gasteiger partial charge >= 0.3 is 0 Å². The van der Waals surface area contributed by atoms with Gasteiger partial charge in [0.05, 0.1) is 4.90 Å². The molecule has 5 nitrogen and oxygen atoms in total. The second-order valence-corrected chi connectivity index (χ2v) is 6.07. The topological polar surface area (TPSA) is 75.3 Å². The van der Waals surface area contributed by atoms with Crippen molar-refractivity contribution in [3.63, 3.8) is 0 Å². The Bertz CT molecular complexity index is 523. The first-order valence-corrected chi connectivity index (χ1v) is 7.79. The van der Waals surface area contributed by atoms with Gasteiger partial charge < -0.3 is 5.32 Å². The highest BCUT2D eigenvalue weighted by atomic mass is 32.2. The summed E-state index contributed by atoms with van der Waals surface area (Å²) in [4.78, 5) is 11.4. The molecule has 6 heteroatoms. The molecule has 0 saturated heterocycles. The highest BCUT2D eigenvalue weighted by molar-refractivity contribution is 7.89. The molecule has 19 heavy (non-hydrogen) atoms.